The summed E-state index contributed by atoms with van der Waals surface area (Å²) in [5.41, 5.74) is 2.09. The molecule has 2 aliphatic rings. The molecule has 0 aromatic carbocycles. The Morgan fingerprint density at radius 1 is 1.43 bits per heavy atom. The maximum absolute atomic E-state index is 11.9. The van der Waals surface area contributed by atoms with Crippen LogP contribution < -0.4 is 5.32 Å². The highest BCUT2D eigenvalue weighted by atomic mass is 16.6. The Bertz CT molecular complexity index is 533. The van der Waals surface area contributed by atoms with Crippen molar-refractivity contribution in [1.82, 2.24) is 15.2 Å². The molecule has 1 aromatic rings. The van der Waals surface area contributed by atoms with Gasteiger partial charge in [0.25, 0.3) is 0 Å². The number of nitrogens with zero attached hydrogens (tertiary/aromatic N) is 2. The molecule has 0 bridgehead atoms. The summed E-state index contributed by atoms with van der Waals surface area (Å²) in [4.78, 5) is 18.1. The molecule has 5 nitrogen and oxygen atoms in total. The molecule has 0 spiro atoms. The smallest absolute Gasteiger partial charge is 0.410 e. The molecule has 1 fully saturated rings. The van der Waals surface area contributed by atoms with Gasteiger partial charge in [0, 0.05) is 25.3 Å². The van der Waals surface area contributed by atoms with E-state index in [0.29, 0.717) is 25.2 Å². The predicted molar refractivity (Wildman–Crippen MR) is 80.0 cm³/mol. The number of rotatable bonds is 2. The van der Waals surface area contributed by atoms with Crippen molar-refractivity contribution in [2.75, 3.05) is 13.1 Å². The highest BCUT2D eigenvalue weighted by molar-refractivity contribution is 5.69. The molecule has 1 saturated heterocycles. The van der Waals surface area contributed by atoms with Crippen LogP contribution in [0.4, 0.5) is 4.79 Å². The highest BCUT2D eigenvalue weighted by Crippen LogP contribution is 2.30. The van der Waals surface area contributed by atoms with E-state index in [1.54, 1.807) is 4.90 Å². The van der Waals surface area contributed by atoms with E-state index in [-0.39, 0.29) is 6.09 Å². The van der Waals surface area contributed by atoms with Gasteiger partial charge in [0.05, 0.1) is 11.7 Å². The summed E-state index contributed by atoms with van der Waals surface area (Å²) in [7, 11) is 0. The summed E-state index contributed by atoms with van der Waals surface area (Å²) in [6.45, 7) is 7.10. The van der Waals surface area contributed by atoms with Gasteiger partial charge < -0.3 is 15.0 Å². The first-order valence-electron chi connectivity index (χ1n) is 7.60. The number of hydrogen-bond acceptors (Lipinski definition) is 4. The molecule has 2 heterocycles. The number of nitrogens with one attached hydrogen (secondary N) is 1. The Balaban J connectivity index is 1.49. The number of aromatic nitrogens is 1. The minimum atomic E-state index is -0.427. The Labute approximate surface area is 125 Å². The van der Waals surface area contributed by atoms with Crippen LogP contribution in [0.3, 0.4) is 0 Å². The van der Waals surface area contributed by atoms with Crippen LogP contribution >= 0.6 is 0 Å². The average Bonchev–Trinajstić information content (AvgIpc) is 2.74. The molecule has 3 rings (SSSR count). The molecule has 1 aromatic heterocycles. The zero-order chi connectivity index (χ0) is 15.0. The van der Waals surface area contributed by atoms with E-state index in [4.69, 9.17) is 4.74 Å². The minimum Gasteiger partial charge on any atom is -0.444 e. The van der Waals surface area contributed by atoms with Crippen molar-refractivity contribution in [2.45, 2.75) is 51.3 Å². The van der Waals surface area contributed by atoms with E-state index in [1.807, 2.05) is 33.0 Å². The fourth-order valence-corrected chi connectivity index (χ4v) is 2.92. The number of aryl methyl sites for hydroxylation is 1. The number of carbonyl (C=O) groups excluding carboxylic acids is 1. The molecule has 114 valence electrons. The van der Waals surface area contributed by atoms with Gasteiger partial charge in [-0.1, -0.05) is 6.07 Å². The first-order valence-corrected chi connectivity index (χ1v) is 7.60. The van der Waals surface area contributed by atoms with Crippen LogP contribution in [-0.4, -0.2) is 40.7 Å². The Kier molecular flexibility index (Phi) is 3.61. The molecular weight excluding hydrogens is 266 g/mol. The van der Waals surface area contributed by atoms with Crippen LogP contribution in [0.25, 0.3) is 0 Å². The van der Waals surface area contributed by atoms with Crippen LogP contribution in [0, 0.1) is 0 Å². The summed E-state index contributed by atoms with van der Waals surface area (Å²) in [5, 5.41) is 3.61. The van der Waals surface area contributed by atoms with Gasteiger partial charge in [0.1, 0.15) is 5.60 Å². The van der Waals surface area contributed by atoms with Crippen molar-refractivity contribution in [2.24, 2.45) is 0 Å². The van der Waals surface area contributed by atoms with Crippen molar-refractivity contribution >= 4 is 6.09 Å². The second-order valence-electron chi connectivity index (χ2n) is 6.89. The number of likely N-dealkylation sites (tertiary alicyclic amines) is 1. The van der Waals surface area contributed by atoms with Crippen molar-refractivity contribution < 1.29 is 9.53 Å². The number of amides is 1. The molecule has 0 saturated carbocycles. The Morgan fingerprint density at radius 2 is 2.19 bits per heavy atom. The molecule has 0 radical (unpaired) electrons. The molecule has 1 unspecified atom stereocenters. The maximum atomic E-state index is 11.9. The molecule has 5 heteroatoms. The van der Waals surface area contributed by atoms with Crippen LogP contribution in [0.5, 0.6) is 0 Å². The fraction of sp³-hybridized carbons (Fsp3) is 0.625. The largest absolute Gasteiger partial charge is 0.444 e. The number of hydrogen-bond donors (Lipinski definition) is 1. The average molecular weight is 289 g/mol. The zero-order valence-electron chi connectivity index (χ0n) is 12.9. The van der Waals surface area contributed by atoms with E-state index < -0.39 is 5.60 Å². The maximum Gasteiger partial charge on any atom is 0.410 e. The third-order valence-electron chi connectivity index (χ3n) is 3.93. The van der Waals surface area contributed by atoms with Gasteiger partial charge in [-0.3, -0.25) is 4.98 Å². The topological polar surface area (TPSA) is 54.5 Å². The molecule has 1 aliphatic carbocycles. The lowest BCUT2D eigenvalue weighted by molar-refractivity contribution is 0.00411. The predicted octanol–water partition coefficient (Wildman–Crippen LogP) is 2.28. The van der Waals surface area contributed by atoms with Crippen LogP contribution in [0.2, 0.25) is 0 Å². The van der Waals surface area contributed by atoms with Crippen molar-refractivity contribution in [3.63, 3.8) is 0 Å². The monoisotopic (exact) mass is 289 g/mol. The first-order chi connectivity index (χ1) is 9.92. The van der Waals surface area contributed by atoms with Gasteiger partial charge in [0.2, 0.25) is 0 Å². The number of fused-ring (bicyclic) bond motifs is 1. The Morgan fingerprint density at radius 3 is 2.90 bits per heavy atom. The van der Waals surface area contributed by atoms with E-state index >= 15 is 0 Å². The molecular formula is C16H23N3O2. The van der Waals surface area contributed by atoms with E-state index in [9.17, 15) is 4.79 Å². The van der Waals surface area contributed by atoms with Gasteiger partial charge in [0.15, 0.2) is 0 Å². The highest BCUT2D eigenvalue weighted by Gasteiger charge is 2.36. The van der Waals surface area contributed by atoms with Gasteiger partial charge in [-0.15, -0.1) is 0 Å². The first kappa shape index (κ1) is 14.3. The van der Waals surface area contributed by atoms with Crippen LogP contribution in [-0.2, 0) is 11.2 Å². The summed E-state index contributed by atoms with van der Waals surface area (Å²) in [5.74, 6) is 0. The van der Waals surface area contributed by atoms with Crippen LogP contribution in [0.1, 0.15) is 44.5 Å². The molecule has 1 aliphatic heterocycles. The summed E-state index contributed by atoms with van der Waals surface area (Å²) in [6, 6.07) is 4.81. The zero-order valence-corrected chi connectivity index (χ0v) is 12.9. The molecule has 1 atom stereocenters. The van der Waals surface area contributed by atoms with Crippen molar-refractivity contribution in [3.8, 4) is 0 Å². The molecule has 1 amide bonds. The van der Waals surface area contributed by atoms with Crippen molar-refractivity contribution in [1.29, 1.82) is 0 Å². The number of pyridine rings is 1. The molecule has 21 heavy (non-hydrogen) atoms. The number of ether oxygens (including phenoxy) is 1. The van der Waals surface area contributed by atoms with Crippen LogP contribution in [0.15, 0.2) is 18.3 Å². The van der Waals surface area contributed by atoms with E-state index in [1.165, 1.54) is 11.3 Å². The SMILES string of the molecule is CC(C)(C)OC(=O)N1CC(NC2CCc3cccnc32)C1. The van der Waals surface area contributed by atoms with Crippen molar-refractivity contribution in [3.05, 3.63) is 29.6 Å². The lowest BCUT2D eigenvalue weighted by atomic mass is 10.1. The third kappa shape index (κ3) is 3.18. The van der Waals surface area contributed by atoms with E-state index in [0.717, 1.165) is 12.8 Å². The van der Waals surface area contributed by atoms with Gasteiger partial charge in [-0.05, 0) is 45.2 Å². The third-order valence-corrected chi connectivity index (χ3v) is 3.93. The summed E-state index contributed by atoms with van der Waals surface area (Å²) < 4.78 is 5.36. The normalized spacial score (nSPS) is 21.9. The lowest BCUT2D eigenvalue weighted by Gasteiger charge is -2.41. The Hall–Kier alpha value is -1.62. The quantitative estimate of drug-likeness (QED) is 0.907. The molecule has 1 N–H and O–H groups in total. The standard InChI is InChI=1S/C16H23N3O2/c1-16(2,3)21-15(20)19-9-12(10-19)18-13-7-6-11-5-4-8-17-14(11)13/h4-5,8,12-13,18H,6-7,9-10H2,1-3H3. The minimum absolute atomic E-state index is 0.217. The number of carbonyl (C=O) groups is 1. The summed E-state index contributed by atoms with van der Waals surface area (Å²) in [6.07, 6.45) is 3.82. The van der Waals surface area contributed by atoms with E-state index in [2.05, 4.69) is 16.4 Å². The van der Waals surface area contributed by atoms with Gasteiger partial charge in [-0.25, -0.2) is 4.79 Å². The fourth-order valence-electron chi connectivity index (χ4n) is 2.92. The van der Waals surface area contributed by atoms with Gasteiger partial charge in [-0.2, -0.15) is 0 Å². The summed E-state index contributed by atoms with van der Waals surface area (Å²) >= 11 is 0. The lowest BCUT2D eigenvalue weighted by Crippen LogP contribution is -2.60. The second kappa shape index (κ2) is 5.30. The van der Waals surface area contributed by atoms with Gasteiger partial charge >= 0.3 is 6.09 Å². The second-order valence-corrected chi connectivity index (χ2v) is 6.89.